The third-order valence-electron chi connectivity index (χ3n) is 3.66. The van der Waals surface area contributed by atoms with E-state index < -0.39 is 5.97 Å². The number of aromatic carboxylic acids is 1. The van der Waals surface area contributed by atoms with Gasteiger partial charge in [-0.1, -0.05) is 0 Å². The summed E-state index contributed by atoms with van der Waals surface area (Å²) >= 11 is 1.41. The highest BCUT2D eigenvalue weighted by atomic mass is 32.1. The molecule has 3 rings (SSSR count). The topological polar surface area (TPSA) is 87.6 Å². The number of aryl methyl sites for hydroxylation is 1. The Morgan fingerprint density at radius 3 is 3.17 bits per heavy atom. The van der Waals surface area contributed by atoms with E-state index in [-0.39, 0.29) is 11.7 Å². The fourth-order valence-electron chi connectivity index (χ4n) is 2.49. The summed E-state index contributed by atoms with van der Waals surface area (Å²) in [7, 11) is 0. The second-order valence-corrected chi connectivity index (χ2v) is 6.44. The second kappa shape index (κ2) is 6.93. The van der Waals surface area contributed by atoms with Crippen LogP contribution in [-0.4, -0.2) is 53.3 Å². The van der Waals surface area contributed by atoms with Crippen LogP contribution in [0.1, 0.15) is 15.4 Å². The normalized spacial score (nSPS) is 18.0. The Morgan fingerprint density at radius 1 is 1.61 bits per heavy atom. The van der Waals surface area contributed by atoms with Gasteiger partial charge in [0.1, 0.15) is 12.4 Å². The van der Waals surface area contributed by atoms with Gasteiger partial charge in [0.05, 0.1) is 12.2 Å². The molecule has 8 heteroatoms. The summed E-state index contributed by atoms with van der Waals surface area (Å²) in [6.07, 6.45) is 3.38. The lowest BCUT2D eigenvalue weighted by Crippen LogP contribution is -2.54. The summed E-state index contributed by atoms with van der Waals surface area (Å²) in [5.74, 6) is -0.261. The van der Waals surface area contributed by atoms with Crippen molar-refractivity contribution in [3.8, 4) is 5.75 Å². The molecule has 0 bridgehead atoms. The van der Waals surface area contributed by atoms with Crippen molar-refractivity contribution >= 4 is 22.4 Å². The number of ether oxygens (including phenoxy) is 1. The average Bonchev–Trinajstić information content (AvgIpc) is 2.96. The maximum Gasteiger partial charge on any atom is 0.355 e. The highest BCUT2D eigenvalue weighted by molar-refractivity contribution is 7.15. The van der Waals surface area contributed by atoms with Crippen LogP contribution in [0.4, 0.5) is 5.13 Å². The number of nitrogens with zero attached hydrogens (tertiary/aromatic N) is 3. The van der Waals surface area contributed by atoms with E-state index in [4.69, 9.17) is 4.74 Å². The maximum atomic E-state index is 11.2. The van der Waals surface area contributed by atoms with E-state index in [0.717, 1.165) is 35.4 Å². The van der Waals surface area contributed by atoms with E-state index >= 15 is 0 Å². The third-order valence-corrected chi connectivity index (χ3v) is 4.67. The molecule has 7 nitrogen and oxygen atoms in total. The first-order chi connectivity index (χ1) is 11.1. The Bertz CT molecular complexity index is 677. The zero-order valence-corrected chi connectivity index (χ0v) is 13.5. The van der Waals surface area contributed by atoms with Crippen LogP contribution in [0.3, 0.4) is 0 Å². The second-order valence-electron chi connectivity index (χ2n) is 5.26. The maximum absolute atomic E-state index is 11.2. The molecule has 2 aromatic rings. The number of nitrogens with one attached hydrogen (secondary N) is 1. The monoisotopic (exact) mass is 334 g/mol. The van der Waals surface area contributed by atoms with E-state index in [1.54, 1.807) is 19.3 Å². The largest absolute Gasteiger partial charge is 0.490 e. The van der Waals surface area contributed by atoms with Crippen molar-refractivity contribution in [3.05, 3.63) is 35.1 Å². The van der Waals surface area contributed by atoms with E-state index in [1.165, 1.54) is 11.3 Å². The van der Waals surface area contributed by atoms with Crippen LogP contribution < -0.4 is 15.0 Å². The molecule has 2 aromatic heterocycles. The molecule has 0 amide bonds. The summed E-state index contributed by atoms with van der Waals surface area (Å²) in [6, 6.07) is 3.79. The van der Waals surface area contributed by atoms with Crippen molar-refractivity contribution < 1.29 is 14.6 Å². The number of piperazine rings is 1. The van der Waals surface area contributed by atoms with Crippen LogP contribution in [0.25, 0.3) is 0 Å². The molecule has 1 unspecified atom stereocenters. The lowest BCUT2D eigenvalue weighted by Gasteiger charge is -2.35. The van der Waals surface area contributed by atoms with E-state index in [2.05, 4.69) is 20.2 Å². The lowest BCUT2D eigenvalue weighted by molar-refractivity contribution is 0.0690. The molecule has 122 valence electrons. The first kappa shape index (κ1) is 15.7. The number of aromatic nitrogens is 2. The van der Waals surface area contributed by atoms with E-state index in [0.29, 0.717) is 6.61 Å². The predicted octanol–water partition coefficient (Wildman–Crippen LogP) is 1.40. The lowest BCUT2D eigenvalue weighted by atomic mass is 10.2. The van der Waals surface area contributed by atoms with Gasteiger partial charge in [0.25, 0.3) is 0 Å². The molecule has 23 heavy (non-hydrogen) atoms. The van der Waals surface area contributed by atoms with Crippen molar-refractivity contribution in [3.63, 3.8) is 0 Å². The zero-order chi connectivity index (χ0) is 16.2. The number of rotatable bonds is 5. The minimum absolute atomic E-state index is 0.0937. The van der Waals surface area contributed by atoms with Gasteiger partial charge in [-0.3, -0.25) is 4.98 Å². The molecule has 3 heterocycles. The predicted molar refractivity (Wildman–Crippen MR) is 87.5 cm³/mol. The standard InChI is InChI=1S/C15H18N4O3S/c1-10-13(14(20)21)18-15(23-10)19-6-5-17-7-11(19)9-22-12-3-2-4-16-8-12/h2-4,8,11,17H,5-7,9H2,1H3,(H,20,21). The number of hydrogen-bond donors (Lipinski definition) is 2. The highest BCUT2D eigenvalue weighted by Gasteiger charge is 2.27. The van der Waals surface area contributed by atoms with Gasteiger partial charge in [-0.05, 0) is 19.1 Å². The van der Waals surface area contributed by atoms with E-state index in [1.807, 2.05) is 12.1 Å². The summed E-state index contributed by atoms with van der Waals surface area (Å²) in [6.45, 7) is 4.65. The summed E-state index contributed by atoms with van der Waals surface area (Å²) in [4.78, 5) is 22.4. The Kier molecular flexibility index (Phi) is 4.73. The van der Waals surface area contributed by atoms with Gasteiger partial charge in [-0.15, -0.1) is 11.3 Å². The van der Waals surface area contributed by atoms with Gasteiger partial charge >= 0.3 is 5.97 Å². The van der Waals surface area contributed by atoms with Crippen molar-refractivity contribution in [2.45, 2.75) is 13.0 Å². The van der Waals surface area contributed by atoms with Crippen LogP contribution in [0, 0.1) is 6.92 Å². The molecule has 1 atom stereocenters. The van der Waals surface area contributed by atoms with Gasteiger partial charge < -0.3 is 20.1 Å². The molecule has 1 fully saturated rings. The number of thiazole rings is 1. The van der Waals surface area contributed by atoms with Crippen molar-refractivity contribution in [1.29, 1.82) is 0 Å². The number of anilines is 1. The van der Waals surface area contributed by atoms with Gasteiger partial charge in [0.2, 0.25) is 0 Å². The van der Waals surface area contributed by atoms with Gasteiger partial charge in [0.15, 0.2) is 10.8 Å². The molecule has 1 aliphatic rings. The minimum Gasteiger partial charge on any atom is -0.490 e. The zero-order valence-electron chi connectivity index (χ0n) is 12.7. The van der Waals surface area contributed by atoms with Crippen LogP contribution >= 0.6 is 11.3 Å². The van der Waals surface area contributed by atoms with Crippen molar-refractivity contribution in [2.75, 3.05) is 31.1 Å². The molecule has 1 saturated heterocycles. The molecule has 0 radical (unpaired) electrons. The smallest absolute Gasteiger partial charge is 0.355 e. The summed E-state index contributed by atoms with van der Waals surface area (Å²) in [5.41, 5.74) is 0.135. The third kappa shape index (κ3) is 3.59. The molecule has 0 spiro atoms. The number of carboxylic acids is 1. The summed E-state index contributed by atoms with van der Waals surface area (Å²) in [5, 5.41) is 13.3. The number of carboxylic acid groups (broad SMARTS) is 1. The first-order valence-corrected chi connectivity index (χ1v) is 8.17. The van der Waals surface area contributed by atoms with Crippen molar-refractivity contribution in [1.82, 2.24) is 15.3 Å². The van der Waals surface area contributed by atoms with Crippen LogP contribution in [0.2, 0.25) is 0 Å². The van der Waals surface area contributed by atoms with Crippen LogP contribution in [-0.2, 0) is 0 Å². The van der Waals surface area contributed by atoms with Gasteiger partial charge in [-0.2, -0.15) is 0 Å². The molecular formula is C15H18N4O3S. The summed E-state index contributed by atoms with van der Waals surface area (Å²) < 4.78 is 5.80. The highest BCUT2D eigenvalue weighted by Crippen LogP contribution is 2.28. The van der Waals surface area contributed by atoms with Gasteiger partial charge in [-0.25, -0.2) is 9.78 Å². The SMILES string of the molecule is Cc1sc(N2CCNCC2COc2cccnc2)nc1C(=O)O. The fraction of sp³-hybridized carbons (Fsp3) is 0.400. The average molecular weight is 334 g/mol. The Labute approximate surface area is 137 Å². The van der Waals surface area contributed by atoms with Crippen LogP contribution in [0.5, 0.6) is 5.75 Å². The molecule has 0 aromatic carbocycles. The fourth-order valence-corrected chi connectivity index (χ4v) is 3.49. The minimum atomic E-state index is -0.983. The number of pyridine rings is 1. The Morgan fingerprint density at radius 2 is 2.48 bits per heavy atom. The van der Waals surface area contributed by atoms with E-state index in [9.17, 15) is 9.90 Å². The molecular weight excluding hydrogens is 316 g/mol. The first-order valence-electron chi connectivity index (χ1n) is 7.36. The molecule has 2 N–H and O–H groups in total. The van der Waals surface area contributed by atoms with Crippen LogP contribution in [0.15, 0.2) is 24.5 Å². The number of carbonyl (C=O) groups is 1. The van der Waals surface area contributed by atoms with Gasteiger partial charge in [0, 0.05) is 30.7 Å². The molecule has 0 aliphatic carbocycles. The molecule has 1 aliphatic heterocycles. The molecule has 0 saturated carbocycles. The Hall–Kier alpha value is -2.19. The number of hydrogen-bond acceptors (Lipinski definition) is 7. The quantitative estimate of drug-likeness (QED) is 0.854. The Balaban J connectivity index is 1.73. The van der Waals surface area contributed by atoms with Crippen molar-refractivity contribution in [2.24, 2.45) is 0 Å².